The number of fused-ring (bicyclic) bond motifs is 3. The number of carbonyl (C=O) groups is 1. The number of aryl methyl sites for hydroxylation is 1. The van der Waals surface area contributed by atoms with Crippen LogP contribution in [-0.4, -0.2) is 68.2 Å². The molecular formula is C20H25N5O4S2. The third kappa shape index (κ3) is 3.96. The first kappa shape index (κ1) is 21.8. The Morgan fingerprint density at radius 2 is 2.06 bits per heavy atom. The summed E-state index contributed by atoms with van der Waals surface area (Å²) in [4.78, 5) is 27.5. The van der Waals surface area contributed by atoms with Crippen molar-refractivity contribution in [2.45, 2.75) is 49.7 Å². The van der Waals surface area contributed by atoms with Gasteiger partial charge in [-0.1, -0.05) is 30.8 Å². The normalized spacial score (nSPS) is 19.1. The lowest BCUT2D eigenvalue weighted by Crippen LogP contribution is -2.41. The number of hydrogen-bond acceptors (Lipinski definition) is 7. The third-order valence-electron chi connectivity index (χ3n) is 5.66. The van der Waals surface area contributed by atoms with E-state index < -0.39 is 15.1 Å². The van der Waals surface area contributed by atoms with Gasteiger partial charge in [0.1, 0.15) is 0 Å². The summed E-state index contributed by atoms with van der Waals surface area (Å²) in [6, 6.07) is 6.99. The van der Waals surface area contributed by atoms with Crippen LogP contribution in [0.25, 0.3) is 16.7 Å². The highest BCUT2D eigenvalue weighted by Crippen LogP contribution is 2.27. The molecule has 0 radical (unpaired) electrons. The largest absolute Gasteiger partial charge is 0.341 e. The van der Waals surface area contributed by atoms with E-state index in [1.165, 1.54) is 16.7 Å². The fourth-order valence-corrected chi connectivity index (χ4v) is 6.72. The first-order valence-electron chi connectivity index (χ1n) is 10.2. The Bertz CT molecular complexity index is 1310. The summed E-state index contributed by atoms with van der Waals surface area (Å²) < 4.78 is 27.0. The van der Waals surface area contributed by atoms with Crippen LogP contribution >= 0.6 is 11.8 Å². The maximum atomic E-state index is 13.0. The zero-order valence-corrected chi connectivity index (χ0v) is 19.3. The summed E-state index contributed by atoms with van der Waals surface area (Å²) in [7, 11) is -1.42. The Morgan fingerprint density at radius 1 is 1.32 bits per heavy atom. The van der Waals surface area contributed by atoms with Gasteiger partial charge in [-0.2, -0.15) is 0 Å². The van der Waals surface area contributed by atoms with Gasteiger partial charge < -0.3 is 4.90 Å². The molecule has 2 aromatic heterocycles. The molecule has 1 fully saturated rings. The highest BCUT2D eigenvalue weighted by atomic mass is 32.2. The van der Waals surface area contributed by atoms with Crippen LogP contribution in [0.1, 0.15) is 26.7 Å². The summed E-state index contributed by atoms with van der Waals surface area (Å²) in [6.45, 7) is 4.28. The van der Waals surface area contributed by atoms with Crippen molar-refractivity contribution in [3.63, 3.8) is 0 Å². The van der Waals surface area contributed by atoms with Crippen LogP contribution in [0.3, 0.4) is 0 Å². The Balaban J connectivity index is 1.69. The Labute approximate surface area is 184 Å². The van der Waals surface area contributed by atoms with Gasteiger partial charge in [0, 0.05) is 19.6 Å². The smallest absolute Gasteiger partial charge is 0.262 e. The summed E-state index contributed by atoms with van der Waals surface area (Å²) in [5.74, 6) is 0.416. The molecule has 0 bridgehead atoms. The molecule has 166 valence electrons. The van der Waals surface area contributed by atoms with Gasteiger partial charge in [-0.05, 0) is 31.9 Å². The van der Waals surface area contributed by atoms with Gasteiger partial charge in [0.25, 0.3) is 5.56 Å². The predicted octanol–water partition coefficient (Wildman–Crippen LogP) is 1.58. The van der Waals surface area contributed by atoms with Gasteiger partial charge in [-0.3, -0.25) is 18.6 Å². The van der Waals surface area contributed by atoms with E-state index in [0.717, 1.165) is 6.42 Å². The number of aromatic nitrogens is 4. The lowest BCUT2D eigenvalue weighted by atomic mass is 10.2. The number of nitrogens with zero attached hydrogens (tertiary/aromatic N) is 5. The minimum Gasteiger partial charge on any atom is -0.341 e. The number of benzene rings is 1. The van der Waals surface area contributed by atoms with Crippen LogP contribution in [0.5, 0.6) is 0 Å². The molecule has 11 heteroatoms. The average Bonchev–Trinajstić information content (AvgIpc) is 3.33. The molecule has 1 aromatic carbocycles. The molecule has 1 saturated heterocycles. The number of para-hydroxylation sites is 1. The molecule has 0 N–H and O–H groups in total. The summed E-state index contributed by atoms with van der Waals surface area (Å²) >= 11 is 1.26. The van der Waals surface area contributed by atoms with Crippen LogP contribution in [0.15, 0.2) is 34.2 Å². The minimum atomic E-state index is -3.08. The quantitative estimate of drug-likeness (QED) is 0.511. The van der Waals surface area contributed by atoms with Crippen LogP contribution in [0.2, 0.25) is 0 Å². The predicted molar refractivity (Wildman–Crippen MR) is 120 cm³/mol. The monoisotopic (exact) mass is 463 g/mol. The number of carbonyl (C=O) groups excluding carboxylic acids is 1. The highest BCUT2D eigenvalue weighted by molar-refractivity contribution is 8.00. The van der Waals surface area contributed by atoms with Crippen molar-refractivity contribution in [1.82, 2.24) is 24.1 Å². The summed E-state index contributed by atoms with van der Waals surface area (Å²) in [5, 5.41) is 9.12. The number of rotatable bonds is 6. The van der Waals surface area contributed by atoms with E-state index in [1.807, 2.05) is 29.5 Å². The standard InChI is InChI=1S/C20H25N5O4S2/c1-4-10-24-18(27)15-7-5-6-8-16(15)25-19(24)21-22-20(25)30-13(2)17(26)23(3)14-9-11-31(28,29)12-14/h5-8,13-14H,4,9-12H2,1-3H3. The number of hydrogen-bond donors (Lipinski definition) is 0. The van der Waals surface area contributed by atoms with E-state index in [2.05, 4.69) is 10.2 Å². The van der Waals surface area contributed by atoms with Crippen LogP contribution < -0.4 is 5.56 Å². The SMILES string of the molecule is CCCn1c(=O)c2ccccc2n2c(SC(C)C(=O)N(C)C3CCS(=O)(=O)C3)nnc12. The maximum Gasteiger partial charge on any atom is 0.262 e. The molecule has 4 rings (SSSR count). The highest BCUT2D eigenvalue weighted by Gasteiger charge is 2.34. The van der Waals surface area contributed by atoms with E-state index in [1.54, 1.807) is 24.6 Å². The first-order chi connectivity index (χ1) is 14.7. The molecule has 2 unspecified atom stereocenters. The van der Waals surface area contributed by atoms with Crippen LogP contribution in [0, 0.1) is 0 Å². The van der Waals surface area contributed by atoms with Crippen LogP contribution in [0.4, 0.5) is 0 Å². The second-order valence-corrected chi connectivity index (χ2v) is 11.4. The Kier molecular flexibility index (Phi) is 5.82. The summed E-state index contributed by atoms with van der Waals surface area (Å²) in [6.07, 6.45) is 1.23. The lowest BCUT2D eigenvalue weighted by Gasteiger charge is -2.26. The lowest BCUT2D eigenvalue weighted by molar-refractivity contribution is -0.130. The van der Waals surface area contributed by atoms with Crippen molar-refractivity contribution in [2.24, 2.45) is 0 Å². The maximum absolute atomic E-state index is 13.0. The molecule has 0 spiro atoms. The van der Waals surface area contributed by atoms with Gasteiger partial charge in [0.15, 0.2) is 15.0 Å². The van der Waals surface area contributed by atoms with Gasteiger partial charge in [-0.25, -0.2) is 8.42 Å². The zero-order chi connectivity index (χ0) is 22.3. The minimum absolute atomic E-state index is 0.00836. The number of sulfone groups is 1. The van der Waals surface area contributed by atoms with Crippen molar-refractivity contribution in [1.29, 1.82) is 0 Å². The second kappa shape index (κ2) is 8.27. The Morgan fingerprint density at radius 3 is 2.74 bits per heavy atom. The van der Waals surface area contributed by atoms with Gasteiger partial charge in [0.05, 0.1) is 27.7 Å². The first-order valence-corrected chi connectivity index (χ1v) is 12.9. The number of amides is 1. The molecule has 1 aliphatic heterocycles. The zero-order valence-electron chi connectivity index (χ0n) is 17.7. The average molecular weight is 464 g/mol. The van der Waals surface area contributed by atoms with E-state index in [-0.39, 0.29) is 29.0 Å². The van der Waals surface area contributed by atoms with Crippen molar-refractivity contribution >= 4 is 44.2 Å². The second-order valence-electron chi connectivity index (χ2n) is 7.86. The number of thioether (sulfide) groups is 1. The van der Waals surface area contributed by atoms with E-state index in [9.17, 15) is 18.0 Å². The molecular weight excluding hydrogens is 438 g/mol. The molecule has 1 amide bonds. The molecule has 0 aliphatic carbocycles. The Hall–Kier alpha value is -2.40. The van der Waals surface area contributed by atoms with Crippen molar-refractivity contribution in [2.75, 3.05) is 18.6 Å². The molecule has 3 aromatic rings. The van der Waals surface area contributed by atoms with E-state index in [0.29, 0.717) is 34.8 Å². The molecule has 1 aliphatic rings. The molecule has 2 atom stereocenters. The molecule has 31 heavy (non-hydrogen) atoms. The van der Waals surface area contributed by atoms with E-state index in [4.69, 9.17) is 0 Å². The van der Waals surface area contributed by atoms with E-state index >= 15 is 0 Å². The molecule has 0 saturated carbocycles. The van der Waals surface area contributed by atoms with Gasteiger partial charge in [0.2, 0.25) is 11.7 Å². The third-order valence-corrected chi connectivity index (χ3v) is 8.44. The fraction of sp³-hybridized carbons (Fsp3) is 0.500. The van der Waals surface area contributed by atoms with Crippen molar-refractivity contribution in [3.05, 3.63) is 34.6 Å². The fourth-order valence-electron chi connectivity index (χ4n) is 3.99. The molecule has 9 nitrogen and oxygen atoms in total. The van der Waals surface area contributed by atoms with Crippen LogP contribution in [-0.2, 0) is 21.2 Å². The van der Waals surface area contributed by atoms with Crippen molar-refractivity contribution < 1.29 is 13.2 Å². The van der Waals surface area contributed by atoms with Crippen molar-refractivity contribution in [3.8, 4) is 0 Å². The topological polar surface area (TPSA) is 107 Å². The van der Waals surface area contributed by atoms with Gasteiger partial charge >= 0.3 is 0 Å². The molecule has 3 heterocycles. The summed E-state index contributed by atoms with van der Waals surface area (Å²) in [5.41, 5.74) is 0.581. The van der Waals surface area contributed by atoms with Gasteiger partial charge in [-0.15, -0.1) is 10.2 Å².